The molecule has 0 bridgehead atoms. The fourth-order valence-electron chi connectivity index (χ4n) is 2.15. The van der Waals surface area contributed by atoms with Gasteiger partial charge < -0.3 is 9.15 Å². The third-order valence-corrected chi connectivity index (χ3v) is 3.07. The number of rotatable bonds is 1. The maximum atomic E-state index is 12.4. The Morgan fingerprint density at radius 1 is 1.16 bits per heavy atom. The second-order valence-corrected chi connectivity index (χ2v) is 4.13. The number of esters is 1. The van der Waals surface area contributed by atoms with Gasteiger partial charge in [-0.15, -0.1) is 0 Å². The monoisotopic (exact) mass is 254 g/mol. The van der Waals surface area contributed by atoms with E-state index in [2.05, 4.69) is 4.74 Å². The van der Waals surface area contributed by atoms with E-state index in [0.29, 0.717) is 11.0 Å². The summed E-state index contributed by atoms with van der Waals surface area (Å²) in [5.41, 5.74) is -0.00685. The van der Waals surface area contributed by atoms with Crippen LogP contribution in [0.2, 0.25) is 0 Å². The van der Waals surface area contributed by atoms with Crippen molar-refractivity contribution >= 4 is 27.7 Å². The summed E-state index contributed by atoms with van der Waals surface area (Å²) in [5.74, 6) is -0.691. The lowest BCUT2D eigenvalue weighted by Gasteiger charge is -2.04. The van der Waals surface area contributed by atoms with Crippen LogP contribution in [0.25, 0.3) is 21.7 Å². The zero-order valence-corrected chi connectivity index (χ0v) is 10.2. The van der Waals surface area contributed by atoms with Gasteiger partial charge in [-0.25, -0.2) is 4.79 Å². The maximum absolute atomic E-state index is 12.4. The molecule has 0 saturated carbocycles. The molecule has 0 aliphatic heterocycles. The second kappa shape index (κ2) is 4.24. The number of fused-ring (bicyclic) bond motifs is 3. The molecule has 0 aliphatic carbocycles. The number of carbonyl (C=O) groups is 1. The van der Waals surface area contributed by atoms with Crippen LogP contribution < -0.4 is 5.43 Å². The van der Waals surface area contributed by atoms with Crippen LogP contribution in [0, 0.1) is 0 Å². The molecule has 19 heavy (non-hydrogen) atoms. The van der Waals surface area contributed by atoms with E-state index in [1.54, 1.807) is 6.07 Å². The lowest BCUT2D eigenvalue weighted by atomic mass is 10.0. The molecular weight excluding hydrogens is 244 g/mol. The van der Waals surface area contributed by atoms with Gasteiger partial charge in [0.2, 0.25) is 5.43 Å². The van der Waals surface area contributed by atoms with Crippen LogP contribution in [0.1, 0.15) is 10.4 Å². The topological polar surface area (TPSA) is 56.5 Å². The summed E-state index contributed by atoms with van der Waals surface area (Å²) in [7, 11) is 1.23. The number of benzene rings is 2. The first kappa shape index (κ1) is 11.5. The van der Waals surface area contributed by atoms with Gasteiger partial charge >= 0.3 is 5.97 Å². The molecule has 94 valence electrons. The quantitative estimate of drug-likeness (QED) is 0.495. The highest BCUT2D eigenvalue weighted by atomic mass is 16.5. The van der Waals surface area contributed by atoms with Crippen LogP contribution in [0.15, 0.2) is 51.9 Å². The Kier molecular flexibility index (Phi) is 2.56. The van der Waals surface area contributed by atoms with E-state index in [4.69, 9.17) is 4.42 Å². The van der Waals surface area contributed by atoms with Gasteiger partial charge in [-0.3, -0.25) is 4.79 Å². The van der Waals surface area contributed by atoms with Crippen LogP contribution in [-0.4, -0.2) is 13.1 Å². The van der Waals surface area contributed by atoms with Crippen LogP contribution in [-0.2, 0) is 4.74 Å². The molecule has 1 heterocycles. The Bertz CT molecular complexity index is 846. The summed E-state index contributed by atoms with van der Waals surface area (Å²) >= 11 is 0. The Morgan fingerprint density at radius 2 is 1.95 bits per heavy atom. The molecule has 0 fully saturated rings. The van der Waals surface area contributed by atoms with Gasteiger partial charge in [0.05, 0.1) is 12.5 Å². The van der Waals surface area contributed by atoms with E-state index in [-0.39, 0.29) is 11.0 Å². The third-order valence-electron chi connectivity index (χ3n) is 3.07. The lowest BCUT2D eigenvalue weighted by Crippen LogP contribution is -2.16. The number of hydrogen-bond donors (Lipinski definition) is 0. The Morgan fingerprint density at radius 3 is 2.74 bits per heavy atom. The molecular formula is C15H10O4. The SMILES string of the molecule is COC(=O)c1coc2ccc3ccccc3c2c1=O. The summed E-state index contributed by atoms with van der Waals surface area (Å²) in [6.45, 7) is 0. The predicted octanol–water partition coefficient (Wildman–Crippen LogP) is 2.73. The first-order valence-corrected chi connectivity index (χ1v) is 5.74. The number of ether oxygens (including phenoxy) is 1. The van der Waals surface area contributed by atoms with Gasteiger partial charge in [0.15, 0.2) is 0 Å². The number of hydrogen-bond acceptors (Lipinski definition) is 4. The minimum absolute atomic E-state index is 0.0913. The molecule has 0 atom stereocenters. The highest BCUT2D eigenvalue weighted by Gasteiger charge is 2.16. The molecule has 0 unspecified atom stereocenters. The molecule has 0 aliphatic rings. The fourth-order valence-corrected chi connectivity index (χ4v) is 2.15. The average Bonchev–Trinajstić information content (AvgIpc) is 2.46. The van der Waals surface area contributed by atoms with Crippen molar-refractivity contribution in [3.05, 3.63) is 58.4 Å². The Balaban J connectivity index is 2.50. The van der Waals surface area contributed by atoms with Crippen LogP contribution >= 0.6 is 0 Å². The molecule has 4 nitrogen and oxygen atoms in total. The van der Waals surface area contributed by atoms with Gasteiger partial charge in [0.25, 0.3) is 0 Å². The van der Waals surface area contributed by atoms with Crippen molar-refractivity contribution in [2.75, 3.05) is 7.11 Å². The second-order valence-electron chi connectivity index (χ2n) is 4.13. The van der Waals surface area contributed by atoms with Crippen LogP contribution in [0.5, 0.6) is 0 Å². The van der Waals surface area contributed by atoms with E-state index in [1.807, 2.05) is 30.3 Å². The molecule has 0 spiro atoms. The molecule has 2 aromatic carbocycles. The normalized spacial score (nSPS) is 10.8. The molecule has 1 aromatic heterocycles. The standard InChI is InChI=1S/C15H10O4/c1-18-15(17)11-8-19-12-7-6-9-4-2-3-5-10(9)13(12)14(11)16/h2-8H,1H3. The molecule has 3 aromatic rings. The third kappa shape index (κ3) is 1.69. The highest BCUT2D eigenvalue weighted by molar-refractivity contribution is 6.07. The van der Waals surface area contributed by atoms with Crippen LogP contribution in [0.3, 0.4) is 0 Å². The van der Waals surface area contributed by atoms with E-state index in [0.717, 1.165) is 17.0 Å². The van der Waals surface area contributed by atoms with Crippen molar-refractivity contribution in [1.29, 1.82) is 0 Å². The van der Waals surface area contributed by atoms with E-state index < -0.39 is 5.97 Å². The van der Waals surface area contributed by atoms with E-state index >= 15 is 0 Å². The van der Waals surface area contributed by atoms with Crippen molar-refractivity contribution in [3.8, 4) is 0 Å². The first-order chi connectivity index (χ1) is 9.22. The summed E-state index contributed by atoms with van der Waals surface area (Å²) in [6.07, 6.45) is 1.14. The van der Waals surface area contributed by atoms with Gasteiger partial charge in [0.1, 0.15) is 17.4 Å². The Hall–Kier alpha value is -2.62. The Labute approximate surface area is 108 Å². The summed E-state index contributed by atoms with van der Waals surface area (Å²) in [5, 5.41) is 2.09. The molecule has 0 amide bonds. The number of methoxy groups -OCH3 is 1. The number of carbonyl (C=O) groups excluding carboxylic acids is 1. The van der Waals surface area contributed by atoms with Crippen LogP contribution in [0.4, 0.5) is 0 Å². The molecule has 0 radical (unpaired) electrons. The predicted molar refractivity (Wildman–Crippen MR) is 71.3 cm³/mol. The zero-order valence-electron chi connectivity index (χ0n) is 10.2. The molecule has 0 saturated heterocycles. The van der Waals surface area contributed by atoms with Gasteiger partial charge in [-0.1, -0.05) is 30.3 Å². The van der Waals surface area contributed by atoms with Crippen molar-refractivity contribution in [3.63, 3.8) is 0 Å². The minimum atomic E-state index is -0.691. The fraction of sp³-hybridized carbons (Fsp3) is 0.0667. The van der Waals surface area contributed by atoms with Crippen molar-refractivity contribution < 1.29 is 13.9 Å². The molecule has 4 heteroatoms. The minimum Gasteiger partial charge on any atom is -0.465 e. The zero-order chi connectivity index (χ0) is 13.4. The summed E-state index contributed by atoms with van der Waals surface area (Å²) in [4.78, 5) is 23.9. The molecule has 0 N–H and O–H groups in total. The van der Waals surface area contributed by atoms with E-state index in [1.165, 1.54) is 7.11 Å². The average molecular weight is 254 g/mol. The first-order valence-electron chi connectivity index (χ1n) is 5.74. The summed E-state index contributed by atoms with van der Waals surface area (Å²) in [6, 6.07) is 11.1. The lowest BCUT2D eigenvalue weighted by molar-refractivity contribution is 0.0597. The highest BCUT2D eigenvalue weighted by Crippen LogP contribution is 2.23. The van der Waals surface area contributed by atoms with Crippen molar-refractivity contribution in [2.45, 2.75) is 0 Å². The largest absolute Gasteiger partial charge is 0.465 e. The van der Waals surface area contributed by atoms with Gasteiger partial charge in [-0.2, -0.15) is 0 Å². The van der Waals surface area contributed by atoms with Crippen molar-refractivity contribution in [2.24, 2.45) is 0 Å². The maximum Gasteiger partial charge on any atom is 0.345 e. The molecule has 3 rings (SSSR count). The smallest absolute Gasteiger partial charge is 0.345 e. The summed E-state index contributed by atoms with van der Waals surface area (Å²) < 4.78 is 9.93. The van der Waals surface area contributed by atoms with Gasteiger partial charge in [-0.05, 0) is 16.8 Å². The van der Waals surface area contributed by atoms with Gasteiger partial charge in [0, 0.05) is 0 Å². The van der Waals surface area contributed by atoms with E-state index in [9.17, 15) is 9.59 Å². The van der Waals surface area contributed by atoms with Crippen molar-refractivity contribution in [1.82, 2.24) is 0 Å².